The molecular formula is C6H8F2N2S. The van der Waals surface area contributed by atoms with Crippen molar-refractivity contribution in [3.63, 3.8) is 0 Å². The van der Waals surface area contributed by atoms with Gasteiger partial charge in [0.25, 0.3) is 6.43 Å². The van der Waals surface area contributed by atoms with Crippen LogP contribution in [0.15, 0.2) is 11.6 Å². The molecule has 0 aliphatic carbocycles. The van der Waals surface area contributed by atoms with Crippen LogP contribution in [-0.4, -0.2) is 11.4 Å². The Bertz CT molecular complexity index is 220. The van der Waals surface area contributed by atoms with Crippen LogP contribution in [0.1, 0.15) is 11.9 Å². The van der Waals surface area contributed by atoms with E-state index in [-0.39, 0.29) is 5.01 Å². The third-order valence-corrected chi connectivity index (χ3v) is 2.37. The normalized spacial score (nSPS) is 16.8. The Morgan fingerprint density at radius 3 is 2.73 bits per heavy atom. The minimum absolute atomic E-state index is 0.271. The van der Waals surface area contributed by atoms with E-state index in [4.69, 9.17) is 5.73 Å². The molecule has 1 heterocycles. The molecule has 2 N–H and O–H groups in total. The van der Waals surface area contributed by atoms with Gasteiger partial charge in [-0.25, -0.2) is 13.8 Å². The van der Waals surface area contributed by atoms with Crippen molar-refractivity contribution in [2.45, 2.75) is 18.9 Å². The number of alkyl halides is 2. The molecule has 0 fully saturated rings. The fraction of sp³-hybridized carbons (Fsp3) is 0.500. The summed E-state index contributed by atoms with van der Waals surface area (Å²) in [6.45, 7) is 1.27. The highest BCUT2D eigenvalue weighted by Crippen LogP contribution is 2.26. The topological polar surface area (TPSA) is 38.9 Å². The number of rotatable bonds is 2. The molecule has 1 aromatic heterocycles. The minimum Gasteiger partial charge on any atom is -0.315 e. The van der Waals surface area contributed by atoms with Gasteiger partial charge in [-0.05, 0) is 6.92 Å². The molecule has 11 heavy (non-hydrogen) atoms. The first-order chi connectivity index (χ1) is 5.05. The van der Waals surface area contributed by atoms with Gasteiger partial charge < -0.3 is 5.73 Å². The van der Waals surface area contributed by atoms with Gasteiger partial charge in [0.1, 0.15) is 10.5 Å². The van der Waals surface area contributed by atoms with Gasteiger partial charge in [-0.2, -0.15) is 0 Å². The second kappa shape index (κ2) is 2.83. The standard InChI is InChI=1S/C6H8F2N2S/c1-6(9,4(7)8)5-10-2-3-11-5/h2-4H,9H2,1H3. The van der Waals surface area contributed by atoms with Crippen molar-refractivity contribution >= 4 is 11.3 Å². The molecule has 0 aliphatic heterocycles. The fourth-order valence-corrected chi connectivity index (χ4v) is 1.30. The summed E-state index contributed by atoms with van der Waals surface area (Å²) >= 11 is 1.14. The first-order valence-corrected chi connectivity index (χ1v) is 3.90. The number of aromatic nitrogens is 1. The van der Waals surface area contributed by atoms with E-state index >= 15 is 0 Å². The van der Waals surface area contributed by atoms with Crippen LogP contribution < -0.4 is 5.73 Å². The quantitative estimate of drug-likeness (QED) is 0.746. The zero-order chi connectivity index (χ0) is 8.48. The van der Waals surface area contributed by atoms with Gasteiger partial charge in [-0.1, -0.05) is 0 Å². The monoisotopic (exact) mass is 178 g/mol. The zero-order valence-electron chi connectivity index (χ0n) is 5.92. The lowest BCUT2D eigenvalue weighted by atomic mass is 10.1. The van der Waals surface area contributed by atoms with Crippen LogP contribution in [0.4, 0.5) is 8.78 Å². The molecule has 0 bridgehead atoms. The summed E-state index contributed by atoms with van der Waals surface area (Å²) in [6.07, 6.45) is -1.11. The lowest BCUT2D eigenvalue weighted by Gasteiger charge is -2.19. The summed E-state index contributed by atoms with van der Waals surface area (Å²) in [6, 6.07) is 0. The molecule has 2 nitrogen and oxygen atoms in total. The predicted molar refractivity (Wildman–Crippen MR) is 39.7 cm³/mol. The van der Waals surface area contributed by atoms with Crippen LogP contribution in [-0.2, 0) is 5.54 Å². The third kappa shape index (κ3) is 1.54. The van der Waals surface area contributed by atoms with Crippen molar-refractivity contribution in [3.8, 4) is 0 Å². The molecule has 0 aliphatic rings. The van der Waals surface area contributed by atoms with Crippen LogP contribution >= 0.6 is 11.3 Å². The van der Waals surface area contributed by atoms with Crippen molar-refractivity contribution in [2.24, 2.45) is 5.73 Å². The lowest BCUT2D eigenvalue weighted by Crippen LogP contribution is -2.40. The Labute approximate surface area is 67.1 Å². The van der Waals surface area contributed by atoms with Gasteiger partial charge in [0.15, 0.2) is 0 Å². The third-order valence-electron chi connectivity index (χ3n) is 1.35. The molecule has 1 aromatic rings. The summed E-state index contributed by atoms with van der Waals surface area (Å²) in [5.74, 6) is 0. The van der Waals surface area contributed by atoms with Crippen LogP contribution in [0, 0.1) is 0 Å². The van der Waals surface area contributed by atoms with Gasteiger partial charge in [-0.15, -0.1) is 11.3 Å². The molecule has 0 saturated heterocycles. The first kappa shape index (κ1) is 8.55. The van der Waals surface area contributed by atoms with E-state index in [2.05, 4.69) is 4.98 Å². The summed E-state index contributed by atoms with van der Waals surface area (Å²) in [5, 5.41) is 1.90. The average Bonchev–Trinajstić information content (AvgIpc) is 2.37. The van der Waals surface area contributed by atoms with Crippen molar-refractivity contribution in [1.82, 2.24) is 4.98 Å². The Hall–Kier alpha value is -0.550. The Morgan fingerprint density at radius 1 is 1.73 bits per heavy atom. The van der Waals surface area contributed by atoms with Gasteiger partial charge in [0, 0.05) is 11.6 Å². The molecule has 1 unspecified atom stereocenters. The number of nitrogens with zero attached hydrogens (tertiary/aromatic N) is 1. The Morgan fingerprint density at radius 2 is 2.36 bits per heavy atom. The average molecular weight is 178 g/mol. The maximum Gasteiger partial charge on any atom is 0.262 e. The second-order valence-electron chi connectivity index (χ2n) is 2.42. The highest BCUT2D eigenvalue weighted by atomic mass is 32.1. The largest absolute Gasteiger partial charge is 0.315 e. The Kier molecular flexibility index (Phi) is 2.20. The van der Waals surface area contributed by atoms with Crippen molar-refractivity contribution in [2.75, 3.05) is 0 Å². The SMILES string of the molecule is CC(N)(c1nccs1)C(F)F. The maximum atomic E-state index is 12.2. The molecule has 0 radical (unpaired) electrons. The highest BCUT2D eigenvalue weighted by Gasteiger charge is 2.34. The van der Waals surface area contributed by atoms with Crippen molar-refractivity contribution in [3.05, 3.63) is 16.6 Å². The number of halogens is 2. The van der Waals surface area contributed by atoms with E-state index in [0.717, 1.165) is 11.3 Å². The molecule has 0 saturated carbocycles. The van der Waals surface area contributed by atoms with Crippen LogP contribution in [0.25, 0.3) is 0 Å². The number of nitrogens with two attached hydrogens (primary N) is 1. The van der Waals surface area contributed by atoms with Gasteiger partial charge in [0.2, 0.25) is 0 Å². The summed E-state index contributed by atoms with van der Waals surface area (Å²) in [7, 11) is 0. The van der Waals surface area contributed by atoms with Crippen molar-refractivity contribution in [1.29, 1.82) is 0 Å². The van der Waals surface area contributed by atoms with Gasteiger partial charge in [-0.3, -0.25) is 0 Å². The van der Waals surface area contributed by atoms with E-state index in [1.807, 2.05) is 0 Å². The van der Waals surface area contributed by atoms with Crippen LogP contribution in [0.5, 0.6) is 0 Å². The summed E-state index contributed by atoms with van der Waals surface area (Å²) in [4.78, 5) is 3.72. The molecule has 5 heteroatoms. The molecule has 0 amide bonds. The zero-order valence-corrected chi connectivity index (χ0v) is 6.74. The number of hydrogen-bond donors (Lipinski definition) is 1. The molecule has 62 valence electrons. The smallest absolute Gasteiger partial charge is 0.262 e. The molecule has 1 atom stereocenters. The van der Waals surface area contributed by atoms with Crippen LogP contribution in [0.3, 0.4) is 0 Å². The van der Waals surface area contributed by atoms with Gasteiger partial charge in [0.05, 0.1) is 0 Å². The predicted octanol–water partition coefficient (Wildman–Crippen LogP) is 1.58. The molecule has 0 aromatic carbocycles. The number of thiazole rings is 1. The first-order valence-electron chi connectivity index (χ1n) is 3.02. The lowest BCUT2D eigenvalue weighted by molar-refractivity contribution is 0.0624. The van der Waals surface area contributed by atoms with Gasteiger partial charge >= 0.3 is 0 Å². The molecule has 1 rings (SSSR count). The number of hydrogen-bond acceptors (Lipinski definition) is 3. The Balaban J connectivity index is 2.90. The van der Waals surface area contributed by atoms with E-state index < -0.39 is 12.0 Å². The van der Waals surface area contributed by atoms with E-state index in [0.29, 0.717) is 0 Å². The summed E-state index contributed by atoms with van der Waals surface area (Å²) < 4.78 is 24.4. The minimum atomic E-state index is -2.58. The second-order valence-corrected chi connectivity index (χ2v) is 3.32. The van der Waals surface area contributed by atoms with E-state index in [1.54, 1.807) is 5.38 Å². The maximum absolute atomic E-state index is 12.2. The van der Waals surface area contributed by atoms with Crippen molar-refractivity contribution < 1.29 is 8.78 Å². The highest BCUT2D eigenvalue weighted by molar-refractivity contribution is 7.09. The molecular weight excluding hydrogens is 170 g/mol. The van der Waals surface area contributed by atoms with Crippen LogP contribution in [0.2, 0.25) is 0 Å². The summed E-state index contributed by atoms with van der Waals surface area (Å²) in [5.41, 5.74) is 3.72. The van der Waals surface area contributed by atoms with E-state index in [9.17, 15) is 8.78 Å². The fourth-order valence-electron chi connectivity index (χ4n) is 0.583. The van der Waals surface area contributed by atoms with E-state index in [1.165, 1.54) is 13.1 Å². The molecule has 0 spiro atoms.